The Morgan fingerprint density at radius 2 is 1.15 bits per heavy atom. The zero-order valence-corrected chi connectivity index (χ0v) is 11.6. The highest BCUT2D eigenvalue weighted by molar-refractivity contribution is 5.67. The number of rotatable bonds is 5. The third kappa shape index (κ3) is 3.10. The molecule has 0 aliphatic carbocycles. The van der Waals surface area contributed by atoms with Crippen molar-refractivity contribution in [2.45, 2.75) is 13.2 Å². The first kappa shape index (κ1) is 14.4. The van der Waals surface area contributed by atoms with E-state index in [1.807, 2.05) is 24.3 Å². The minimum absolute atomic E-state index is 0.214. The zero-order chi connectivity index (χ0) is 14.5. The summed E-state index contributed by atoms with van der Waals surface area (Å²) in [4.78, 5) is 0. The summed E-state index contributed by atoms with van der Waals surface area (Å²) in [6.07, 6.45) is 0. The Labute approximate surface area is 118 Å². The van der Waals surface area contributed by atoms with Crippen LogP contribution in [-0.2, 0) is 22.7 Å². The van der Waals surface area contributed by atoms with Gasteiger partial charge in [-0.15, -0.1) is 0 Å². The third-order valence-electron chi connectivity index (χ3n) is 3.09. The Bertz CT molecular complexity index is 540. The van der Waals surface area contributed by atoms with Crippen molar-refractivity contribution in [3.63, 3.8) is 0 Å². The quantitative estimate of drug-likeness (QED) is 0.879. The summed E-state index contributed by atoms with van der Waals surface area (Å²) in [6.45, 7) is 0.700. The van der Waals surface area contributed by atoms with E-state index >= 15 is 0 Å². The van der Waals surface area contributed by atoms with Gasteiger partial charge in [-0.1, -0.05) is 12.1 Å². The fraction of sp³-hybridized carbons (Fsp3) is 0.250. The van der Waals surface area contributed by atoms with E-state index in [2.05, 4.69) is 0 Å². The van der Waals surface area contributed by atoms with Crippen LogP contribution < -0.4 is 0 Å². The summed E-state index contributed by atoms with van der Waals surface area (Å²) >= 11 is 0. The van der Waals surface area contributed by atoms with Crippen molar-refractivity contribution in [2.24, 2.45) is 0 Å². The summed E-state index contributed by atoms with van der Waals surface area (Å²) in [5.41, 5.74) is 3.36. The van der Waals surface area contributed by atoms with Crippen molar-refractivity contribution >= 4 is 0 Å². The Kier molecular flexibility index (Phi) is 4.61. The van der Waals surface area contributed by atoms with E-state index in [0.717, 1.165) is 22.3 Å². The number of phenols is 2. The molecular formula is C16H18O4. The minimum atomic E-state index is 0.214. The van der Waals surface area contributed by atoms with Crippen LogP contribution in [-0.4, -0.2) is 24.4 Å². The van der Waals surface area contributed by atoms with Gasteiger partial charge in [-0.2, -0.15) is 0 Å². The molecule has 2 aromatic carbocycles. The van der Waals surface area contributed by atoms with Gasteiger partial charge >= 0.3 is 0 Å². The summed E-state index contributed by atoms with van der Waals surface area (Å²) in [5.74, 6) is 0.429. The van der Waals surface area contributed by atoms with Crippen molar-refractivity contribution in [2.75, 3.05) is 14.2 Å². The summed E-state index contributed by atoms with van der Waals surface area (Å²) in [7, 11) is 3.17. The number of aromatic hydroxyl groups is 2. The van der Waals surface area contributed by atoms with Gasteiger partial charge in [0.25, 0.3) is 0 Å². The molecule has 0 radical (unpaired) electrons. The minimum Gasteiger partial charge on any atom is -0.508 e. The van der Waals surface area contributed by atoms with E-state index in [0.29, 0.717) is 13.2 Å². The zero-order valence-electron chi connectivity index (χ0n) is 11.6. The molecule has 0 aliphatic rings. The van der Waals surface area contributed by atoms with Crippen LogP contribution in [0.4, 0.5) is 0 Å². The van der Waals surface area contributed by atoms with Crippen molar-refractivity contribution in [1.82, 2.24) is 0 Å². The maximum absolute atomic E-state index is 9.76. The van der Waals surface area contributed by atoms with Gasteiger partial charge in [-0.05, 0) is 35.4 Å². The molecule has 0 unspecified atom stereocenters. The fourth-order valence-electron chi connectivity index (χ4n) is 2.07. The van der Waals surface area contributed by atoms with Gasteiger partial charge in [0.2, 0.25) is 0 Å². The second-order valence-electron chi connectivity index (χ2n) is 4.55. The Morgan fingerprint density at radius 1 is 0.750 bits per heavy atom. The maximum atomic E-state index is 9.76. The Balaban J connectivity index is 2.40. The summed E-state index contributed by atoms with van der Waals surface area (Å²) < 4.78 is 10.1. The van der Waals surface area contributed by atoms with E-state index in [-0.39, 0.29) is 11.5 Å². The molecule has 0 aromatic heterocycles. The summed E-state index contributed by atoms with van der Waals surface area (Å²) in [6, 6.07) is 10.7. The number of hydrogen-bond acceptors (Lipinski definition) is 4. The van der Waals surface area contributed by atoms with Gasteiger partial charge in [0.1, 0.15) is 11.5 Å². The number of ether oxygens (including phenoxy) is 2. The molecule has 4 heteroatoms. The molecule has 2 N–H and O–H groups in total. The average Bonchev–Trinajstić information content (AvgIpc) is 2.44. The number of methoxy groups -OCH3 is 2. The Morgan fingerprint density at radius 3 is 1.50 bits per heavy atom. The van der Waals surface area contributed by atoms with Crippen LogP contribution >= 0.6 is 0 Å². The van der Waals surface area contributed by atoms with Gasteiger partial charge in [0.05, 0.1) is 13.2 Å². The normalized spacial score (nSPS) is 10.7. The monoisotopic (exact) mass is 274 g/mol. The van der Waals surface area contributed by atoms with Crippen LogP contribution in [0.5, 0.6) is 11.5 Å². The highest BCUT2D eigenvalue weighted by Crippen LogP contribution is 2.29. The topological polar surface area (TPSA) is 58.9 Å². The van der Waals surface area contributed by atoms with Crippen molar-refractivity contribution in [3.05, 3.63) is 47.5 Å². The smallest absolute Gasteiger partial charge is 0.121 e. The highest BCUT2D eigenvalue weighted by atomic mass is 16.5. The Hall–Kier alpha value is -2.04. The number of hydrogen-bond donors (Lipinski definition) is 2. The SMILES string of the molecule is COCc1cc(-c2ccc(O)c(COC)c2)ccc1O. The van der Waals surface area contributed by atoms with Crippen LogP contribution in [0.25, 0.3) is 11.1 Å². The average molecular weight is 274 g/mol. The van der Waals surface area contributed by atoms with E-state index in [1.54, 1.807) is 26.4 Å². The molecule has 0 saturated carbocycles. The lowest BCUT2D eigenvalue weighted by Crippen LogP contribution is -1.92. The number of benzene rings is 2. The van der Waals surface area contributed by atoms with Crippen LogP contribution in [0.2, 0.25) is 0 Å². The lowest BCUT2D eigenvalue weighted by molar-refractivity contribution is 0.182. The van der Waals surface area contributed by atoms with Crippen LogP contribution in [0, 0.1) is 0 Å². The van der Waals surface area contributed by atoms with Crippen LogP contribution in [0.3, 0.4) is 0 Å². The third-order valence-corrected chi connectivity index (χ3v) is 3.09. The van der Waals surface area contributed by atoms with Crippen molar-refractivity contribution in [3.8, 4) is 22.6 Å². The molecule has 0 heterocycles. The maximum Gasteiger partial charge on any atom is 0.121 e. The van der Waals surface area contributed by atoms with E-state index in [1.165, 1.54) is 0 Å². The highest BCUT2D eigenvalue weighted by Gasteiger charge is 2.07. The molecule has 4 nitrogen and oxygen atoms in total. The van der Waals surface area contributed by atoms with Crippen LogP contribution in [0.1, 0.15) is 11.1 Å². The first-order valence-electron chi connectivity index (χ1n) is 6.27. The van der Waals surface area contributed by atoms with E-state index in [9.17, 15) is 10.2 Å². The molecular weight excluding hydrogens is 256 g/mol. The molecule has 0 spiro atoms. The van der Waals surface area contributed by atoms with E-state index in [4.69, 9.17) is 9.47 Å². The van der Waals surface area contributed by atoms with E-state index < -0.39 is 0 Å². The molecule has 0 fully saturated rings. The van der Waals surface area contributed by atoms with Crippen molar-refractivity contribution in [1.29, 1.82) is 0 Å². The first-order chi connectivity index (χ1) is 9.65. The lowest BCUT2D eigenvalue weighted by Gasteiger charge is -2.10. The molecule has 0 atom stereocenters. The van der Waals surface area contributed by atoms with Gasteiger partial charge in [0.15, 0.2) is 0 Å². The molecule has 2 aromatic rings. The number of phenolic OH excluding ortho intramolecular Hbond substituents is 2. The standard InChI is InChI=1S/C16H18O4/c1-19-9-13-7-11(3-5-15(13)17)12-4-6-16(18)14(8-12)10-20-2/h3-8,17-18H,9-10H2,1-2H3. The predicted molar refractivity (Wildman–Crippen MR) is 76.6 cm³/mol. The fourth-order valence-corrected chi connectivity index (χ4v) is 2.07. The van der Waals surface area contributed by atoms with Gasteiger partial charge in [0, 0.05) is 25.3 Å². The molecule has 20 heavy (non-hydrogen) atoms. The molecule has 0 aliphatic heterocycles. The molecule has 0 amide bonds. The predicted octanol–water partition coefficient (Wildman–Crippen LogP) is 3.06. The van der Waals surface area contributed by atoms with Crippen LogP contribution in [0.15, 0.2) is 36.4 Å². The summed E-state index contributed by atoms with van der Waals surface area (Å²) in [5, 5.41) is 19.5. The van der Waals surface area contributed by atoms with Gasteiger partial charge < -0.3 is 19.7 Å². The lowest BCUT2D eigenvalue weighted by atomic mass is 10.0. The largest absolute Gasteiger partial charge is 0.508 e. The van der Waals surface area contributed by atoms with Gasteiger partial charge in [-0.25, -0.2) is 0 Å². The first-order valence-corrected chi connectivity index (χ1v) is 6.27. The second-order valence-corrected chi connectivity index (χ2v) is 4.55. The molecule has 0 bridgehead atoms. The van der Waals surface area contributed by atoms with Crippen molar-refractivity contribution < 1.29 is 19.7 Å². The molecule has 106 valence electrons. The van der Waals surface area contributed by atoms with Gasteiger partial charge in [-0.3, -0.25) is 0 Å². The molecule has 0 saturated heterocycles. The second kappa shape index (κ2) is 6.41. The molecule has 2 rings (SSSR count).